The van der Waals surface area contributed by atoms with Crippen LogP contribution in [-0.4, -0.2) is 26.1 Å². The van der Waals surface area contributed by atoms with Crippen LogP contribution in [0.25, 0.3) is 22.4 Å². The number of thiazole rings is 1. The Bertz CT molecular complexity index is 1330. The summed E-state index contributed by atoms with van der Waals surface area (Å²) in [5.74, 6) is 1.11. The standard InChI is InChI=1S/C20H14N4O4S/c1-2-11-28-15-9-7-13(8-10-15)18-21-20-23(22-18)19(25)17(29-20)12-14-5-3-4-6-16(14)24(26)27/h2-10,12H,1,11H2. The summed E-state index contributed by atoms with van der Waals surface area (Å²) in [6, 6.07) is 13.4. The van der Waals surface area contributed by atoms with Gasteiger partial charge in [0.25, 0.3) is 11.2 Å². The number of aromatic nitrogens is 3. The van der Waals surface area contributed by atoms with Gasteiger partial charge in [-0.25, -0.2) is 0 Å². The number of ether oxygens (including phenoxy) is 1. The number of fused-ring (bicyclic) bond motifs is 1. The lowest BCUT2D eigenvalue weighted by Crippen LogP contribution is -2.23. The zero-order valence-corrected chi connectivity index (χ0v) is 15.8. The predicted molar refractivity (Wildman–Crippen MR) is 110 cm³/mol. The van der Waals surface area contributed by atoms with E-state index in [2.05, 4.69) is 16.7 Å². The molecule has 8 nitrogen and oxygen atoms in total. The number of hydrogen-bond acceptors (Lipinski definition) is 7. The molecular weight excluding hydrogens is 392 g/mol. The van der Waals surface area contributed by atoms with Crippen molar-refractivity contribution in [3.05, 3.63) is 91.7 Å². The molecule has 4 rings (SSSR count). The number of para-hydroxylation sites is 1. The maximum atomic E-state index is 12.7. The molecule has 0 fully saturated rings. The van der Waals surface area contributed by atoms with Crippen molar-refractivity contribution in [1.29, 1.82) is 0 Å². The summed E-state index contributed by atoms with van der Waals surface area (Å²) in [6.07, 6.45) is 3.15. The van der Waals surface area contributed by atoms with Crippen molar-refractivity contribution < 1.29 is 9.66 Å². The van der Waals surface area contributed by atoms with Crippen molar-refractivity contribution in [1.82, 2.24) is 14.6 Å². The van der Waals surface area contributed by atoms with Crippen molar-refractivity contribution in [2.24, 2.45) is 0 Å². The average molecular weight is 406 g/mol. The number of nitrogens with zero attached hydrogens (tertiary/aromatic N) is 4. The van der Waals surface area contributed by atoms with Gasteiger partial charge in [-0.3, -0.25) is 14.9 Å². The summed E-state index contributed by atoms with van der Waals surface area (Å²) in [6.45, 7) is 4.02. The minimum absolute atomic E-state index is 0.0645. The van der Waals surface area contributed by atoms with E-state index in [0.29, 0.717) is 33.2 Å². The third-order valence-electron chi connectivity index (χ3n) is 4.08. The monoisotopic (exact) mass is 406 g/mol. The highest BCUT2D eigenvalue weighted by molar-refractivity contribution is 7.15. The van der Waals surface area contributed by atoms with E-state index < -0.39 is 4.92 Å². The predicted octanol–water partition coefficient (Wildman–Crippen LogP) is 2.84. The summed E-state index contributed by atoms with van der Waals surface area (Å²) >= 11 is 1.13. The van der Waals surface area contributed by atoms with E-state index in [-0.39, 0.29) is 11.2 Å². The van der Waals surface area contributed by atoms with E-state index in [9.17, 15) is 14.9 Å². The molecule has 0 unspecified atom stereocenters. The van der Waals surface area contributed by atoms with Crippen molar-refractivity contribution >= 4 is 28.1 Å². The quantitative estimate of drug-likeness (QED) is 0.277. The Hall–Kier alpha value is -3.85. The molecule has 0 aliphatic carbocycles. The van der Waals surface area contributed by atoms with E-state index >= 15 is 0 Å². The molecule has 0 amide bonds. The molecule has 2 heterocycles. The SMILES string of the molecule is C=CCOc1ccc(-c2nc3sc(=Cc4ccccc4[N+](=O)[O-])c(=O)n3n2)cc1. The first-order chi connectivity index (χ1) is 14.1. The van der Waals surface area contributed by atoms with Gasteiger partial charge in [0.05, 0.1) is 15.0 Å². The van der Waals surface area contributed by atoms with Crippen molar-refractivity contribution in [2.75, 3.05) is 6.61 Å². The number of nitro groups is 1. The number of hydrogen-bond donors (Lipinski definition) is 0. The molecule has 0 aliphatic heterocycles. The maximum Gasteiger partial charge on any atom is 0.291 e. The third kappa shape index (κ3) is 3.63. The van der Waals surface area contributed by atoms with Crippen LogP contribution in [0.4, 0.5) is 5.69 Å². The maximum absolute atomic E-state index is 12.7. The summed E-state index contributed by atoms with van der Waals surface area (Å²) in [7, 11) is 0. The lowest BCUT2D eigenvalue weighted by Gasteiger charge is -2.02. The van der Waals surface area contributed by atoms with Gasteiger partial charge in [0.2, 0.25) is 4.96 Å². The number of benzene rings is 2. The smallest absolute Gasteiger partial charge is 0.291 e. The van der Waals surface area contributed by atoms with Crippen LogP contribution >= 0.6 is 11.3 Å². The van der Waals surface area contributed by atoms with Crippen LogP contribution in [0.15, 0.2) is 66.0 Å². The van der Waals surface area contributed by atoms with Crippen molar-refractivity contribution in [3.8, 4) is 17.1 Å². The highest BCUT2D eigenvalue weighted by atomic mass is 32.1. The molecule has 0 atom stereocenters. The summed E-state index contributed by atoms with van der Waals surface area (Å²) in [5, 5.41) is 15.5. The Kier molecular flexibility index (Phi) is 4.88. The molecular formula is C20H14N4O4S. The first-order valence-electron chi connectivity index (χ1n) is 8.55. The van der Waals surface area contributed by atoms with Gasteiger partial charge < -0.3 is 4.74 Å². The van der Waals surface area contributed by atoms with Crippen LogP contribution < -0.4 is 14.8 Å². The summed E-state index contributed by atoms with van der Waals surface area (Å²) in [4.78, 5) is 28.2. The van der Waals surface area contributed by atoms with Gasteiger partial charge in [0.15, 0.2) is 5.82 Å². The first-order valence-corrected chi connectivity index (χ1v) is 9.37. The van der Waals surface area contributed by atoms with Crippen molar-refractivity contribution in [2.45, 2.75) is 0 Å². The minimum Gasteiger partial charge on any atom is -0.490 e. The Morgan fingerprint density at radius 3 is 2.66 bits per heavy atom. The molecule has 4 aromatic rings. The van der Waals surface area contributed by atoms with E-state index in [0.717, 1.165) is 16.9 Å². The normalized spacial score (nSPS) is 11.7. The Morgan fingerprint density at radius 2 is 1.97 bits per heavy atom. The molecule has 144 valence electrons. The molecule has 0 aliphatic rings. The molecule has 0 radical (unpaired) electrons. The molecule has 9 heteroatoms. The highest BCUT2D eigenvalue weighted by Gasteiger charge is 2.14. The van der Waals surface area contributed by atoms with Crippen LogP contribution in [0, 0.1) is 10.1 Å². The topological polar surface area (TPSA) is 99.6 Å². The fourth-order valence-electron chi connectivity index (χ4n) is 2.73. The van der Waals surface area contributed by atoms with Gasteiger partial charge in [0.1, 0.15) is 12.4 Å². The zero-order chi connectivity index (χ0) is 20.4. The van der Waals surface area contributed by atoms with E-state index in [1.165, 1.54) is 16.7 Å². The van der Waals surface area contributed by atoms with Gasteiger partial charge in [0, 0.05) is 11.6 Å². The second-order valence-electron chi connectivity index (χ2n) is 5.99. The minimum atomic E-state index is -0.478. The van der Waals surface area contributed by atoms with Crippen molar-refractivity contribution in [3.63, 3.8) is 0 Å². The van der Waals surface area contributed by atoms with Gasteiger partial charge in [-0.15, -0.1) is 5.10 Å². The molecule has 2 aromatic carbocycles. The molecule has 0 saturated heterocycles. The molecule has 0 saturated carbocycles. The fourth-order valence-corrected chi connectivity index (χ4v) is 3.63. The first kappa shape index (κ1) is 18.5. The van der Waals surface area contributed by atoms with E-state index in [1.54, 1.807) is 36.4 Å². The summed E-state index contributed by atoms with van der Waals surface area (Å²) < 4.78 is 6.98. The fraction of sp³-hybridized carbons (Fsp3) is 0.0500. The molecule has 2 aromatic heterocycles. The Labute approximate surface area is 168 Å². The Morgan fingerprint density at radius 1 is 1.21 bits per heavy atom. The molecule has 29 heavy (non-hydrogen) atoms. The van der Waals surface area contributed by atoms with Gasteiger partial charge >= 0.3 is 0 Å². The van der Waals surface area contributed by atoms with Crippen LogP contribution in [0.5, 0.6) is 5.75 Å². The van der Waals surface area contributed by atoms with Crippen LogP contribution in [-0.2, 0) is 0 Å². The highest BCUT2D eigenvalue weighted by Crippen LogP contribution is 2.21. The molecule has 0 N–H and O–H groups in total. The number of nitro benzene ring substituents is 1. The largest absolute Gasteiger partial charge is 0.490 e. The third-order valence-corrected chi connectivity index (χ3v) is 5.04. The van der Waals surface area contributed by atoms with Gasteiger partial charge in [-0.2, -0.15) is 9.50 Å². The van der Waals surface area contributed by atoms with Gasteiger partial charge in [-0.1, -0.05) is 36.1 Å². The lowest BCUT2D eigenvalue weighted by atomic mass is 10.2. The van der Waals surface area contributed by atoms with Crippen LogP contribution in [0.2, 0.25) is 0 Å². The molecule has 0 spiro atoms. The average Bonchev–Trinajstić information content (AvgIpc) is 3.27. The van der Waals surface area contributed by atoms with E-state index in [1.807, 2.05) is 12.1 Å². The van der Waals surface area contributed by atoms with Crippen LogP contribution in [0.3, 0.4) is 0 Å². The van der Waals surface area contributed by atoms with E-state index in [4.69, 9.17) is 4.74 Å². The van der Waals surface area contributed by atoms with Crippen LogP contribution in [0.1, 0.15) is 5.56 Å². The zero-order valence-electron chi connectivity index (χ0n) is 15.0. The summed E-state index contributed by atoms with van der Waals surface area (Å²) in [5.41, 5.74) is 0.670. The Balaban J connectivity index is 1.71. The van der Waals surface area contributed by atoms with Gasteiger partial charge in [-0.05, 0) is 36.4 Å². The lowest BCUT2D eigenvalue weighted by molar-refractivity contribution is -0.385. The molecule has 0 bridgehead atoms. The number of rotatable bonds is 6. The second-order valence-corrected chi connectivity index (χ2v) is 6.99. The second kappa shape index (κ2) is 7.64.